The molecule has 98 valence electrons. The Morgan fingerprint density at radius 1 is 1.28 bits per heavy atom. The predicted octanol–water partition coefficient (Wildman–Crippen LogP) is 4.98. The number of hydrogen-bond acceptors (Lipinski definition) is 3. The van der Waals surface area contributed by atoms with Gasteiger partial charge >= 0.3 is 0 Å². The second kappa shape index (κ2) is 5.72. The molecule has 0 amide bonds. The zero-order valence-corrected chi connectivity index (χ0v) is 13.0. The molecule has 0 radical (unpaired) electrons. The first-order valence-corrected chi connectivity index (χ1v) is 7.56. The summed E-state index contributed by atoms with van der Waals surface area (Å²) in [4.78, 5) is 4.59. The van der Waals surface area contributed by atoms with Gasteiger partial charge in [0.25, 0.3) is 0 Å². The van der Waals surface area contributed by atoms with E-state index in [0.29, 0.717) is 21.3 Å². The summed E-state index contributed by atoms with van der Waals surface area (Å²) in [7, 11) is 0. The number of benzene rings is 1. The number of amidine groups is 1. The van der Waals surface area contributed by atoms with Crippen LogP contribution < -0.4 is 5.32 Å². The zero-order chi connectivity index (χ0) is 13.3. The molecule has 2 unspecified atom stereocenters. The van der Waals surface area contributed by atoms with Gasteiger partial charge in [0.1, 0.15) is 0 Å². The maximum atomic E-state index is 6.21. The van der Waals surface area contributed by atoms with E-state index < -0.39 is 0 Å². The summed E-state index contributed by atoms with van der Waals surface area (Å²) >= 11 is 14.1. The van der Waals surface area contributed by atoms with Crippen LogP contribution in [0.5, 0.6) is 0 Å². The molecule has 1 aromatic carbocycles. The van der Waals surface area contributed by atoms with E-state index in [9.17, 15) is 0 Å². The first kappa shape index (κ1) is 14.0. The minimum absolute atomic E-state index is 0.350. The fraction of sp³-hybridized carbons (Fsp3) is 0.462. The van der Waals surface area contributed by atoms with Gasteiger partial charge in [0, 0.05) is 10.3 Å². The number of nitrogens with one attached hydrogen (secondary N) is 1. The van der Waals surface area contributed by atoms with Gasteiger partial charge in [0.2, 0.25) is 0 Å². The Hall–Kier alpha value is -0.380. The summed E-state index contributed by atoms with van der Waals surface area (Å²) in [6.45, 7) is 6.28. The van der Waals surface area contributed by atoms with Crippen LogP contribution >= 0.6 is 35.0 Å². The van der Waals surface area contributed by atoms with Crippen molar-refractivity contribution in [2.75, 3.05) is 5.32 Å². The van der Waals surface area contributed by atoms with E-state index in [1.54, 1.807) is 11.8 Å². The zero-order valence-electron chi connectivity index (χ0n) is 10.6. The van der Waals surface area contributed by atoms with Gasteiger partial charge in [-0.05, 0) is 38.0 Å². The van der Waals surface area contributed by atoms with Crippen molar-refractivity contribution in [3.05, 3.63) is 27.7 Å². The standard InChI is InChI=1S/C13H16Cl2N2S/c1-7-4-11(15)12(6-10(7)14)17-13-16-8(2)5-9(3)18-13/h4,6,8-9H,5H2,1-3H3,(H,16,17). The average molecular weight is 303 g/mol. The van der Waals surface area contributed by atoms with Gasteiger partial charge in [-0.2, -0.15) is 0 Å². The molecule has 1 aliphatic rings. The lowest BCUT2D eigenvalue weighted by Crippen LogP contribution is -2.22. The lowest BCUT2D eigenvalue weighted by Gasteiger charge is -2.23. The van der Waals surface area contributed by atoms with Crippen LogP contribution in [0.4, 0.5) is 5.69 Å². The minimum Gasteiger partial charge on any atom is -0.334 e. The van der Waals surface area contributed by atoms with Crippen LogP contribution in [-0.2, 0) is 0 Å². The van der Waals surface area contributed by atoms with Gasteiger partial charge in [-0.1, -0.05) is 41.9 Å². The Balaban J connectivity index is 2.21. The smallest absolute Gasteiger partial charge is 0.161 e. The van der Waals surface area contributed by atoms with Crippen LogP contribution in [0.25, 0.3) is 0 Å². The Morgan fingerprint density at radius 3 is 2.67 bits per heavy atom. The highest BCUT2D eigenvalue weighted by molar-refractivity contribution is 8.14. The van der Waals surface area contributed by atoms with Crippen LogP contribution in [0.15, 0.2) is 17.1 Å². The lowest BCUT2D eigenvalue weighted by atomic mass is 10.2. The third-order valence-electron chi connectivity index (χ3n) is 2.81. The Bertz CT molecular complexity index is 488. The third kappa shape index (κ3) is 3.34. The number of aryl methyl sites for hydroxylation is 1. The fourth-order valence-corrected chi connectivity index (χ4v) is 3.52. The van der Waals surface area contributed by atoms with Gasteiger partial charge in [0.15, 0.2) is 5.17 Å². The SMILES string of the molecule is Cc1cc(Cl)c(NC2=NC(C)CC(C)S2)cc1Cl. The van der Waals surface area contributed by atoms with E-state index in [4.69, 9.17) is 23.2 Å². The molecule has 0 aliphatic carbocycles. The molecule has 1 N–H and O–H groups in total. The maximum absolute atomic E-state index is 6.21. The Morgan fingerprint density at radius 2 is 2.00 bits per heavy atom. The van der Waals surface area contributed by atoms with Crippen LogP contribution in [0.3, 0.4) is 0 Å². The second-order valence-corrected chi connectivity index (χ2v) is 6.90. The van der Waals surface area contributed by atoms with Gasteiger partial charge < -0.3 is 5.32 Å². The normalized spacial score (nSPS) is 23.7. The van der Waals surface area contributed by atoms with E-state index >= 15 is 0 Å². The Kier molecular flexibility index (Phi) is 4.46. The molecule has 0 aromatic heterocycles. The summed E-state index contributed by atoms with van der Waals surface area (Å²) in [5.74, 6) is 0. The number of hydrogen-bond donors (Lipinski definition) is 1. The molecule has 0 saturated carbocycles. The highest BCUT2D eigenvalue weighted by Crippen LogP contribution is 2.31. The molecular weight excluding hydrogens is 287 g/mol. The van der Waals surface area contributed by atoms with Crippen molar-refractivity contribution in [3.8, 4) is 0 Å². The summed E-state index contributed by atoms with van der Waals surface area (Å²) < 4.78 is 0. The largest absolute Gasteiger partial charge is 0.334 e. The summed E-state index contributed by atoms with van der Waals surface area (Å²) in [5, 5.41) is 6.15. The van der Waals surface area contributed by atoms with Crippen LogP contribution in [0, 0.1) is 6.92 Å². The molecule has 2 rings (SSSR count). The van der Waals surface area contributed by atoms with E-state index in [0.717, 1.165) is 22.8 Å². The van der Waals surface area contributed by atoms with Crippen molar-refractivity contribution in [2.45, 2.75) is 38.5 Å². The van der Waals surface area contributed by atoms with Crippen molar-refractivity contribution >= 4 is 45.8 Å². The molecule has 1 aliphatic heterocycles. The fourth-order valence-electron chi connectivity index (χ4n) is 1.92. The molecule has 0 fully saturated rings. The molecule has 0 bridgehead atoms. The number of nitrogens with zero attached hydrogens (tertiary/aromatic N) is 1. The topological polar surface area (TPSA) is 24.4 Å². The van der Waals surface area contributed by atoms with E-state index in [-0.39, 0.29) is 0 Å². The van der Waals surface area contributed by atoms with Crippen LogP contribution in [0.1, 0.15) is 25.8 Å². The quantitative estimate of drug-likeness (QED) is 0.791. The molecule has 0 spiro atoms. The number of halogens is 2. The van der Waals surface area contributed by atoms with Gasteiger partial charge in [-0.25, -0.2) is 0 Å². The number of thioether (sulfide) groups is 1. The maximum Gasteiger partial charge on any atom is 0.161 e. The summed E-state index contributed by atoms with van der Waals surface area (Å²) in [5.41, 5.74) is 1.80. The van der Waals surface area contributed by atoms with Crippen LogP contribution in [0.2, 0.25) is 10.0 Å². The third-order valence-corrected chi connectivity index (χ3v) is 4.56. The van der Waals surface area contributed by atoms with Crippen molar-refractivity contribution in [2.24, 2.45) is 4.99 Å². The average Bonchev–Trinajstić information content (AvgIpc) is 2.24. The monoisotopic (exact) mass is 302 g/mol. The molecule has 0 saturated heterocycles. The van der Waals surface area contributed by atoms with Crippen molar-refractivity contribution < 1.29 is 0 Å². The summed E-state index contributed by atoms with van der Waals surface area (Å²) in [6.07, 6.45) is 1.11. The Labute approximate surface area is 122 Å². The number of anilines is 1. The van der Waals surface area contributed by atoms with Gasteiger partial charge in [0.05, 0.1) is 16.8 Å². The second-order valence-electron chi connectivity index (χ2n) is 4.65. The molecular formula is C13H16Cl2N2S. The van der Waals surface area contributed by atoms with Crippen molar-refractivity contribution in [1.29, 1.82) is 0 Å². The van der Waals surface area contributed by atoms with Crippen LogP contribution in [-0.4, -0.2) is 16.5 Å². The summed E-state index contributed by atoms with van der Waals surface area (Å²) in [6, 6.07) is 4.07. The molecule has 2 atom stereocenters. The minimum atomic E-state index is 0.350. The molecule has 1 heterocycles. The highest BCUT2D eigenvalue weighted by atomic mass is 35.5. The highest BCUT2D eigenvalue weighted by Gasteiger charge is 2.19. The molecule has 18 heavy (non-hydrogen) atoms. The van der Waals surface area contributed by atoms with E-state index in [1.807, 2.05) is 19.1 Å². The predicted molar refractivity (Wildman–Crippen MR) is 83.4 cm³/mol. The van der Waals surface area contributed by atoms with Crippen molar-refractivity contribution in [1.82, 2.24) is 0 Å². The molecule has 2 nitrogen and oxygen atoms in total. The van der Waals surface area contributed by atoms with E-state index in [1.165, 1.54) is 0 Å². The number of aliphatic imine (C=N–C) groups is 1. The van der Waals surface area contributed by atoms with Gasteiger partial charge in [-0.3, -0.25) is 4.99 Å². The molecule has 5 heteroatoms. The van der Waals surface area contributed by atoms with E-state index in [2.05, 4.69) is 24.2 Å². The van der Waals surface area contributed by atoms with Gasteiger partial charge in [-0.15, -0.1) is 0 Å². The van der Waals surface area contributed by atoms with Crippen molar-refractivity contribution in [3.63, 3.8) is 0 Å². The first-order chi connectivity index (χ1) is 8.45. The molecule has 1 aromatic rings. The number of rotatable bonds is 1. The lowest BCUT2D eigenvalue weighted by molar-refractivity contribution is 0.661. The first-order valence-electron chi connectivity index (χ1n) is 5.93.